The van der Waals surface area contributed by atoms with Crippen molar-refractivity contribution in [3.8, 4) is 0 Å². The molecule has 0 saturated carbocycles. The molecule has 66 valence electrons. The van der Waals surface area contributed by atoms with E-state index in [-0.39, 0.29) is 0 Å². The van der Waals surface area contributed by atoms with Crippen molar-refractivity contribution in [2.75, 3.05) is 13.1 Å². The average molecular weight is 176 g/mol. The lowest BCUT2D eigenvalue weighted by atomic mass is 10.5. The number of allylic oxidation sites excluding steroid dienone is 1. The number of hydrogen-bond acceptors (Lipinski definition) is 4. The Morgan fingerprint density at radius 3 is 2.27 bits per heavy atom. The zero-order chi connectivity index (χ0) is 8.74. The second-order valence-corrected chi connectivity index (χ2v) is 5.31. The van der Waals surface area contributed by atoms with Crippen molar-refractivity contribution in [3.63, 3.8) is 0 Å². The average Bonchev–Trinajstić information content (AvgIpc) is 1.87. The highest BCUT2D eigenvalue weighted by Crippen LogP contribution is 2.06. The van der Waals surface area contributed by atoms with Gasteiger partial charge < -0.3 is 21.1 Å². The van der Waals surface area contributed by atoms with Crippen LogP contribution in [0.25, 0.3) is 0 Å². The van der Waals surface area contributed by atoms with Crippen LogP contribution in [0.3, 0.4) is 0 Å². The van der Waals surface area contributed by atoms with E-state index in [4.69, 9.17) is 11.5 Å². The van der Waals surface area contributed by atoms with Crippen LogP contribution in [0.4, 0.5) is 0 Å². The Hall–Kier alpha value is -0.203. The van der Waals surface area contributed by atoms with E-state index in [1.165, 1.54) is 0 Å². The van der Waals surface area contributed by atoms with Gasteiger partial charge in [-0.25, -0.2) is 0 Å². The largest absolute Gasteiger partial charge is 0.410 e. The first-order valence-corrected chi connectivity index (χ1v) is 5.93. The Balaban J connectivity index is 3.62. The van der Waals surface area contributed by atoms with Gasteiger partial charge in [0.05, 0.1) is 0 Å². The Kier molecular flexibility index (Phi) is 5.35. The van der Waals surface area contributed by atoms with Crippen LogP contribution < -0.4 is 11.5 Å². The van der Waals surface area contributed by atoms with Crippen LogP contribution in [0.15, 0.2) is 12.2 Å². The van der Waals surface area contributed by atoms with Crippen molar-refractivity contribution in [2.45, 2.75) is 12.1 Å². The summed E-state index contributed by atoms with van der Waals surface area (Å²) in [6.45, 7) is 0.767. The van der Waals surface area contributed by atoms with Crippen LogP contribution in [0.2, 0.25) is 12.1 Å². The molecule has 0 radical (unpaired) electrons. The molecular weight excluding hydrogens is 160 g/mol. The summed E-state index contributed by atoms with van der Waals surface area (Å²) in [7, 11) is -3.01. The molecule has 11 heavy (non-hydrogen) atoms. The summed E-state index contributed by atoms with van der Waals surface area (Å²) in [5, 5.41) is 0. The Morgan fingerprint density at radius 1 is 1.18 bits per heavy atom. The molecule has 6 N–H and O–H groups in total. The van der Waals surface area contributed by atoms with Crippen LogP contribution in [0, 0.1) is 0 Å². The summed E-state index contributed by atoms with van der Waals surface area (Å²) >= 11 is 0. The van der Waals surface area contributed by atoms with Gasteiger partial charge in [0.25, 0.3) is 0 Å². The second-order valence-electron chi connectivity index (χ2n) is 2.43. The topological polar surface area (TPSA) is 92.5 Å². The summed E-state index contributed by atoms with van der Waals surface area (Å²) in [4.78, 5) is 18.5. The molecule has 0 rings (SSSR count). The van der Waals surface area contributed by atoms with E-state index in [0.29, 0.717) is 25.2 Å². The second kappa shape index (κ2) is 5.45. The van der Waals surface area contributed by atoms with E-state index in [1.54, 1.807) is 12.2 Å². The Bertz CT molecular complexity index is 128. The highest BCUT2D eigenvalue weighted by Gasteiger charge is 2.25. The summed E-state index contributed by atoms with van der Waals surface area (Å²) in [5.74, 6) is 0. The van der Waals surface area contributed by atoms with E-state index < -0.39 is 8.56 Å². The monoisotopic (exact) mass is 176 g/mol. The molecule has 0 heterocycles. The van der Waals surface area contributed by atoms with Crippen LogP contribution in [0.5, 0.6) is 0 Å². The number of rotatable bonds is 5. The standard InChI is InChI=1S/C6H16N2O2Si/c7-3-1-2-5-11(9,10)6-4-8/h1-2,9-10H,3-8H2/b2-1+. The lowest BCUT2D eigenvalue weighted by Gasteiger charge is -2.13. The third kappa shape index (κ3) is 6.21. The summed E-state index contributed by atoms with van der Waals surface area (Å²) in [6, 6.07) is 0.642. The van der Waals surface area contributed by atoms with Crippen LogP contribution in [-0.4, -0.2) is 31.2 Å². The molecule has 0 saturated heterocycles. The SMILES string of the molecule is NC/C=C/C[Si](O)(O)CCN. The minimum atomic E-state index is -3.01. The Morgan fingerprint density at radius 2 is 1.82 bits per heavy atom. The van der Waals surface area contributed by atoms with Gasteiger partial charge in [0.2, 0.25) is 0 Å². The molecule has 0 aliphatic carbocycles. The minimum absolute atomic E-state index is 0.321. The van der Waals surface area contributed by atoms with Crippen LogP contribution in [-0.2, 0) is 0 Å². The van der Waals surface area contributed by atoms with E-state index >= 15 is 0 Å². The smallest absolute Gasteiger partial charge is 0.337 e. The molecule has 0 aromatic heterocycles. The van der Waals surface area contributed by atoms with Gasteiger partial charge in [-0.05, 0) is 6.54 Å². The third-order valence-corrected chi connectivity index (χ3v) is 3.27. The molecule has 0 aromatic carbocycles. The lowest BCUT2D eigenvalue weighted by Crippen LogP contribution is -2.36. The van der Waals surface area contributed by atoms with Gasteiger partial charge >= 0.3 is 8.56 Å². The molecule has 0 amide bonds. The first kappa shape index (κ1) is 10.8. The Labute approximate surface area is 67.8 Å². The summed E-state index contributed by atoms with van der Waals surface area (Å²) < 4.78 is 0. The predicted octanol–water partition coefficient (Wildman–Crippen LogP) is -1.11. The molecule has 0 atom stereocenters. The minimum Gasteiger partial charge on any atom is -0.410 e. The summed E-state index contributed by atoms with van der Waals surface area (Å²) in [6.07, 6.45) is 3.41. The highest BCUT2D eigenvalue weighted by atomic mass is 28.4. The molecule has 5 heteroatoms. The van der Waals surface area contributed by atoms with Crippen molar-refractivity contribution in [1.29, 1.82) is 0 Å². The molecule has 0 aliphatic heterocycles. The van der Waals surface area contributed by atoms with Crippen molar-refractivity contribution in [1.82, 2.24) is 0 Å². The quantitative estimate of drug-likeness (QED) is 0.315. The van der Waals surface area contributed by atoms with Crippen molar-refractivity contribution < 1.29 is 9.59 Å². The molecule has 0 bridgehead atoms. The zero-order valence-corrected chi connectivity index (χ0v) is 7.53. The van der Waals surface area contributed by atoms with E-state index in [9.17, 15) is 9.59 Å². The highest BCUT2D eigenvalue weighted by molar-refractivity contribution is 6.65. The van der Waals surface area contributed by atoms with Crippen LogP contribution in [0.1, 0.15) is 0 Å². The van der Waals surface area contributed by atoms with Gasteiger partial charge in [-0.1, -0.05) is 12.2 Å². The van der Waals surface area contributed by atoms with Crippen molar-refractivity contribution in [3.05, 3.63) is 12.2 Å². The van der Waals surface area contributed by atoms with E-state index in [1.807, 2.05) is 0 Å². The first-order chi connectivity index (χ1) is 5.12. The maximum Gasteiger partial charge on any atom is 0.337 e. The molecule has 0 spiro atoms. The molecule has 0 fully saturated rings. The van der Waals surface area contributed by atoms with Crippen LogP contribution >= 0.6 is 0 Å². The maximum atomic E-state index is 9.26. The van der Waals surface area contributed by atoms with Crippen molar-refractivity contribution in [2.24, 2.45) is 11.5 Å². The number of nitrogens with two attached hydrogens (primary N) is 2. The van der Waals surface area contributed by atoms with E-state index in [0.717, 1.165) is 0 Å². The van der Waals surface area contributed by atoms with Gasteiger partial charge in [0.1, 0.15) is 0 Å². The normalized spacial score (nSPS) is 12.7. The zero-order valence-electron chi connectivity index (χ0n) is 6.53. The fourth-order valence-electron chi connectivity index (χ4n) is 0.702. The fraction of sp³-hybridized carbons (Fsp3) is 0.667. The van der Waals surface area contributed by atoms with Gasteiger partial charge in [0, 0.05) is 18.6 Å². The van der Waals surface area contributed by atoms with Gasteiger partial charge in [0.15, 0.2) is 0 Å². The lowest BCUT2D eigenvalue weighted by molar-refractivity contribution is 0.364. The van der Waals surface area contributed by atoms with Gasteiger partial charge in [-0.2, -0.15) is 0 Å². The summed E-state index contributed by atoms with van der Waals surface area (Å²) in [5.41, 5.74) is 10.4. The fourth-order valence-corrected chi connectivity index (χ4v) is 1.91. The molecular formula is C6H16N2O2Si. The molecule has 0 unspecified atom stereocenters. The third-order valence-electron chi connectivity index (χ3n) is 1.29. The predicted molar refractivity (Wildman–Crippen MR) is 47.1 cm³/mol. The van der Waals surface area contributed by atoms with Crippen molar-refractivity contribution >= 4 is 8.56 Å². The van der Waals surface area contributed by atoms with Gasteiger partial charge in [-0.3, -0.25) is 0 Å². The maximum absolute atomic E-state index is 9.26. The van der Waals surface area contributed by atoms with E-state index in [2.05, 4.69) is 0 Å². The molecule has 0 aliphatic rings. The first-order valence-electron chi connectivity index (χ1n) is 3.62. The molecule has 0 aromatic rings. The van der Waals surface area contributed by atoms with Gasteiger partial charge in [-0.15, -0.1) is 0 Å². The molecule has 4 nitrogen and oxygen atoms in total. The number of hydrogen-bond donors (Lipinski definition) is 4.